The molecule has 0 fully saturated rings. The lowest BCUT2D eigenvalue weighted by molar-refractivity contribution is 0.0594. The summed E-state index contributed by atoms with van der Waals surface area (Å²) in [6.07, 6.45) is -0.290. The van der Waals surface area contributed by atoms with Gasteiger partial charge in [0.05, 0.1) is 7.11 Å². The molecule has 0 spiro atoms. The number of carbonyl (C=O) groups excluding carboxylic acids is 1. The van der Waals surface area contributed by atoms with E-state index in [4.69, 9.17) is 5.73 Å². The molecule has 1 heterocycles. The van der Waals surface area contributed by atoms with E-state index < -0.39 is 12.1 Å². The van der Waals surface area contributed by atoms with Crippen LogP contribution >= 0.6 is 23.7 Å². The second kappa shape index (κ2) is 7.68. The predicted octanol–water partition coefficient (Wildman–Crippen LogP) is 1.76. The molecular formula is C11H19ClN2O3S. The number of thiazole rings is 1. The first-order valence-electron chi connectivity index (χ1n) is 5.43. The number of rotatable bonds is 5. The Morgan fingerprint density at radius 1 is 1.61 bits per heavy atom. The monoisotopic (exact) mass is 294 g/mol. The molecule has 0 amide bonds. The van der Waals surface area contributed by atoms with Gasteiger partial charge in [-0.2, -0.15) is 0 Å². The van der Waals surface area contributed by atoms with Crippen LogP contribution in [0.15, 0.2) is 5.38 Å². The molecule has 1 aromatic rings. The molecule has 2 atom stereocenters. The van der Waals surface area contributed by atoms with Gasteiger partial charge in [-0.25, -0.2) is 9.78 Å². The van der Waals surface area contributed by atoms with Gasteiger partial charge in [0.15, 0.2) is 5.69 Å². The van der Waals surface area contributed by atoms with Crippen molar-refractivity contribution in [1.82, 2.24) is 4.98 Å². The number of nitrogens with two attached hydrogens (primary N) is 1. The first kappa shape index (κ1) is 17.3. The summed E-state index contributed by atoms with van der Waals surface area (Å²) in [4.78, 5) is 15.2. The quantitative estimate of drug-likeness (QED) is 0.808. The Bertz CT molecular complexity index is 384. The minimum Gasteiger partial charge on any atom is -0.464 e. The van der Waals surface area contributed by atoms with Crippen molar-refractivity contribution in [3.05, 3.63) is 16.1 Å². The molecule has 18 heavy (non-hydrogen) atoms. The van der Waals surface area contributed by atoms with E-state index in [1.54, 1.807) is 5.38 Å². The van der Waals surface area contributed by atoms with Crippen LogP contribution in [-0.4, -0.2) is 29.2 Å². The summed E-state index contributed by atoms with van der Waals surface area (Å²) in [5.41, 5.74) is 6.10. The molecule has 0 saturated carbocycles. The Balaban J connectivity index is 0.00000289. The summed E-state index contributed by atoms with van der Waals surface area (Å²) in [5, 5.41) is 12.0. The highest BCUT2D eigenvalue weighted by Gasteiger charge is 2.20. The Morgan fingerprint density at radius 2 is 2.22 bits per heavy atom. The van der Waals surface area contributed by atoms with Crippen LogP contribution in [0.25, 0.3) is 0 Å². The number of ether oxygens (including phenoxy) is 1. The molecule has 5 nitrogen and oxygen atoms in total. The lowest BCUT2D eigenvalue weighted by Crippen LogP contribution is -2.28. The third kappa shape index (κ3) is 4.53. The molecule has 0 aliphatic heterocycles. The van der Waals surface area contributed by atoms with Crippen molar-refractivity contribution in [3.8, 4) is 0 Å². The van der Waals surface area contributed by atoms with Crippen LogP contribution < -0.4 is 5.73 Å². The SMILES string of the molecule is COC(=O)c1csc([C@H](O)C[C@@H](N)C(C)C)n1.Cl. The number of esters is 1. The van der Waals surface area contributed by atoms with E-state index in [0.717, 1.165) is 0 Å². The highest BCUT2D eigenvalue weighted by atomic mass is 35.5. The van der Waals surface area contributed by atoms with Gasteiger partial charge in [-0.05, 0) is 12.3 Å². The summed E-state index contributed by atoms with van der Waals surface area (Å²) in [6.45, 7) is 4.00. The zero-order valence-corrected chi connectivity index (χ0v) is 12.3. The molecule has 0 bridgehead atoms. The van der Waals surface area contributed by atoms with Crippen molar-refractivity contribution in [2.75, 3.05) is 7.11 Å². The summed E-state index contributed by atoms with van der Waals surface area (Å²) in [7, 11) is 1.30. The molecule has 0 unspecified atom stereocenters. The van der Waals surface area contributed by atoms with E-state index in [2.05, 4.69) is 9.72 Å². The number of methoxy groups -OCH3 is 1. The molecule has 0 aromatic carbocycles. The minimum absolute atomic E-state index is 0. The van der Waals surface area contributed by atoms with Crippen molar-refractivity contribution in [2.24, 2.45) is 11.7 Å². The van der Waals surface area contributed by atoms with Gasteiger partial charge in [-0.3, -0.25) is 0 Å². The van der Waals surface area contributed by atoms with E-state index in [9.17, 15) is 9.90 Å². The molecule has 0 aliphatic rings. The smallest absolute Gasteiger partial charge is 0.357 e. The van der Waals surface area contributed by atoms with Gasteiger partial charge in [0.25, 0.3) is 0 Å². The number of hydrogen-bond donors (Lipinski definition) is 2. The fourth-order valence-electron chi connectivity index (χ4n) is 1.27. The largest absolute Gasteiger partial charge is 0.464 e. The maximum atomic E-state index is 11.2. The average Bonchev–Trinajstić information content (AvgIpc) is 2.77. The van der Waals surface area contributed by atoms with Gasteiger partial charge in [0, 0.05) is 11.4 Å². The minimum atomic E-state index is -0.726. The zero-order chi connectivity index (χ0) is 13.0. The number of halogens is 1. The second-order valence-electron chi connectivity index (χ2n) is 4.22. The Morgan fingerprint density at radius 3 is 2.72 bits per heavy atom. The molecule has 1 rings (SSSR count). The standard InChI is InChI=1S/C11H18N2O3S.ClH/c1-6(2)7(12)4-9(14)10-13-8(5-17-10)11(15)16-3;/h5-7,9,14H,4,12H2,1-3H3;1H/t7-,9-;/m1./s1. The van der Waals surface area contributed by atoms with Crippen molar-refractivity contribution in [3.63, 3.8) is 0 Å². The van der Waals surface area contributed by atoms with Gasteiger partial charge >= 0.3 is 5.97 Å². The van der Waals surface area contributed by atoms with E-state index in [1.165, 1.54) is 18.4 Å². The number of aliphatic hydroxyl groups excluding tert-OH is 1. The summed E-state index contributed by atoms with van der Waals surface area (Å²) >= 11 is 1.24. The molecule has 0 radical (unpaired) electrons. The fraction of sp³-hybridized carbons (Fsp3) is 0.636. The first-order chi connectivity index (χ1) is 7.95. The lowest BCUT2D eigenvalue weighted by Gasteiger charge is -2.17. The van der Waals surface area contributed by atoms with Crippen LogP contribution in [0, 0.1) is 5.92 Å². The van der Waals surface area contributed by atoms with Crippen LogP contribution in [-0.2, 0) is 4.74 Å². The molecule has 7 heteroatoms. The van der Waals surface area contributed by atoms with E-state index in [-0.39, 0.29) is 24.1 Å². The van der Waals surface area contributed by atoms with Gasteiger partial charge in [-0.15, -0.1) is 23.7 Å². The van der Waals surface area contributed by atoms with E-state index in [1.807, 2.05) is 13.8 Å². The lowest BCUT2D eigenvalue weighted by atomic mass is 9.99. The molecular weight excluding hydrogens is 276 g/mol. The van der Waals surface area contributed by atoms with Gasteiger partial charge in [0.1, 0.15) is 11.1 Å². The maximum Gasteiger partial charge on any atom is 0.357 e. The number of aromatic nitrogens is 1. The van der Waals surface area contributed by atoms with Crippen LogP contribution in [0.1, 0.15) is 41.9 Å². The number of hydrogen-bond acceptors (Lipinski definition) is 6. The van der Waals surface area contributed by atoms with Gasteiger partial charge in [0.2, 0.25) is 0 Å². The molecule has 3 N–H and O–H groups in total. The van der Waals surface area contributed by atoms with Crippen LogP contribution in [0.3, 0.4) is 0 Å². The Kier molecular flexibility index (Phi) is 7.39. The summed E-state index contributed by atoms with van der Waals surface area (Å²) < 4.78 is 4.55. The summed E-state index contributed by atoms with van der Waals surface area (Å²) in [5.74, 6) is -0.197. The third-order valence-electron chi connectivity index (χ3n) is 2.55. The van der Waals surface area contributed by atoms with Crippen molar-refractivity contribution < 1.29 is 14.6 Å². The Hall–Kier alpha value is -0.690. The molecule has 104 valence electrons. The normalized spacial score (nSPS) is 13.9. The summed E-state index contributed by atoms with van der Waals surface area (Å²) in [6, 6.07) is -0.0875. The Labute approximate surface area is 117 Å². The topological polar surface area (TPSA) is 85.4 Å². The van der Waals surface area contributed by atoms with E-state index in [0.29, 0.717) is 17.3 Å². The van der Waals surface area contributed by atoms with Crippen LogP contribution in [0.2, 0.25) is 0 Å². The van der Waals surface area contributed by atoms with Gasteiger partial charge < -0.3 is 15.6 Å². The number of carbonyl (C=O) groups is 1. The predicted molar refractivity (Wildman–Crippen MR) is 73.1 cm³/mol. The fourth-order valence-corrected chi connectivity index (χ4v) is 2.06. The highest BCUT2D eigenvalue weighted by molar-refractivity contribution is 7.09. The third-order valence-corrected chi connectivity index (χ3v) is 3.50. The van der Waals surface area contributed by atoms with Crippen LogP contribution in [0.5, 0.6) is 0 Å². The van der Waals surface area contributed by atoms with Gasteiger partial charge in [-0.1, -0.05) is 13.8 Å². The highest BCUT2D eigenvalue weighted by Crippen LogP contribution is 2.23. The number of nitrogens with zero attached hydrogens (tertiary/aromatic N) is 1. The average molecular weight is 295 g/mol. The van der Waals surface area contributed by atoms with E-state index >= 15 is 0 Å². The molecule has 0 saturated heterocycles. The van der Waals surface area contributed by atoms with Crippen molar-refractivity contribution in [2.45, 2.75) is 32.4 Å². The molecule has 1 aromatic heterocycles. The van der Waals surface area contributed by atoms with Crippen LogP contribution in [0.4, 0.5) is 0 Å². The molecule has 0 aliphatic carbocycles. The first-order valence-corrected chi connectivity index (χ1v) is 6.31. The maximum absolute atomic E-state index is 11.2. The zero-order valence-electron chi connectivity index (χ0n) is 10.6. The second-order valence-corrected chi connectivity index (χ2v) is 5.11. The number of aliphatic hydroxyl groups is 1. The van der Waals surface area contributed by atoms with Crippen molar-refractivity contribution in [1.29, 1.82) is 0 Å². The van der Waals surface area contributed by atoms with Crippen molar-refractivity contribution >= 4 is 29.7 Å².